The van der Waals surface area contributed by atoms with Crippen LogP contribution in [0.4, 0.5) is 0 Å². The van der Waals surface area contributed by atoms with Crippen LogP contribution < -0.4 is 0 Å². The second-order valence-corrected chi connectivity index (χ2v) is 3.81. The van der Waals surface area contributed by atoms with Gasteiger partial charge in [-0.3, -0.25) is 0 Å². The summed E-state index contributed by atoms with van der Waals surface area (Å²) in [5.41, 5.74) is 1.14. The summed E-state index contributed by atoms with van der Waals surface area (Å²) in [7, 11) is 1.33. The number of aromatic nitrogens is 2. The number of rotatable bonds is 2. The molecule has 0 radical (unpaired) electrons. The first-order chi connectivity index (χ1) is 7.31. The van der Waals surface area contributed by atoms with Crippen LogP contribution in [0.25, 0.3) is 0 Å². The van der Waals surface area contributed by atoms with Crippen molar-refractivity contribution >= 4 is 5.97 Å². The summed E-state index contributed by atoms with van der Waals surface area (Å²) >= 11 is 0. The first-order valence-electron chi connectivity index (χ1n) is 5.21. The Hall–Kier alpha value is -1.45. The Morgan fingerprint density at radius 1 is 1.33 bits per heavy atom. The topological polar surface area (TPSA) is 52.1 Å². The lowest BCUT2D eigenvalue weighted by Gasteiger charge is -2.07. The number of ether oxygens (including phenoxy) is 1. The molecule has 0 amide bonds. The highest BCUT2D eigenvalue weighted by Crippen LogP contribution is 2.33. The molecule has 0 N–H and O–H groups in total. The van der Waals surface area contributed by atoms with E-state index in [0.29, 0.717) is 5.92 Å². The molecule has 80 valence electrons. The predicted octanol–water partition coefficient (Wildman–Crippen LogP) is 1.92. The van der Waals surface area contributed by atoms with Crippen molar-refractivity contribution in [1.29, 1.82) is 0 Å². The van der Waals surface area contributed by atoms with Crippen LogP contribution in [0.2, 0.25) is 0 Å². The molecule has 1 saturated carbocycles. The van der Waals surface area contributed by atoms with Gasteiger partial charge in [0.15, 0.2) is 0 Å². The summed E-state index contributed by atoms with van der Waals surface area (Å²) in [6.07, 6.45) is 8.47. The Morgan fingerprint density at radius 2 is 1.93 bits per heavy atom. The number of carbonyl (C=O) groups excluding carboxylic acids is 1. The second kappa shape index (κ2) is 4.38. The van der Waals surface area contributed by atoms with E-state index in [2.05, 4.69) is 14.7 Å². The monoisotopic (exact) mass is 206 g/mol. The van der Waals surface area contributed by atoms with Crippen molar-refractivity contribution < 1.29 is 9.53 Å². The van der Waals surface area contributed by atoms with Crippen LogP contribution in [0, 0.1) is 0 Å². The van der Waals surface area contributed by atoms with Gasteiger partial charge in [-0.05, 0) is 24.3 Å². The maximum atomic E-state index is 11.1. The molecular weight excluding hydrogens is 192 g/mol. The number of esters is 1. The molecule has 1 aromatic rings. The van der Waals surface area contributed by atoms with Crippen LogP contribution in [-0.2, 0) is 4.74 Å². The minimum Gasteiger partial charge on any atom is -0.463 e. The van der Waals surface area contributed by atoms with Gasteiger partial charge in [0.2, 0.25) is 5.82 Å². The highest BCUT2D eigenvalue weighted by Gasteiger charge is 2.18. The van der Waals surface area contributed by atoms with Crippen molar-refractivity contribution in [2.24, 2.45) is 0 Å². The van der Waals surface area contributed by atoms with Crippen molar-refractivity contribution in [3.8, 4) is 0 Å². The Morgan fingerprint density at radius 3 is 2.47 bits per heavy atom. The molecule has 0 saturated heterocycles. The quantitative estimate of drug-likeness (QED) is 0.694. The van der Waals surface area contributed by atoms with E-state index in [0.717, 1.165) is 5.56 Å². The minimum absolute atomic E-state index is 0.138. The lowest BCUT2D eigenvalue weighted by molar-refractivity contribution is 0.0586. The van der Waals surface area contributed by atoms with Gasteiger partial charge >= 0.3 is 5.97 Å². The van der Waals surface area contributed by atoms with Crippen LogP contribution in [0.5, 0.6) is 0 Å². The molecule has 4 heteroatoms. The third kappa shape index (κ3) is 2.14. The third-order valence-electron chi connectivity index (χ3n) is 2.87. The Bertz CT molecular complexity index is 342. The molecule has 1 aliphatic carbocycles. The fourth-order valence-corrected chi connectivity index (χ4v) is 2.00. The van der Waals surface area contributed by atoms with Crippen molar-refractivity contribution in [3.05, 3.63) is 23.8 Å². The summed E-state index contributed by atoms with van der Waals surface area (Å²) in [6.45, 7) is 0. The molecule has 0 unspecified atom stereocenters. The van der Waals surface area contributed by atoms with E-state index in [1.54, 1.807) is 12.4 Å². The molecule has 0 spiro atoms. The molecular formula is C11H14N2O2. The molecule has 0 atom stereocenters. The number of nitrogens with zero attached hydrogens (tertiary/aromatic N) is 2. The summed E-state index contributed by atoms with van der Waals surface area (Å²) in [5.74, 6) is 0.240. The van der Waals surface area contributed by atoms with Crippen LogP contribution >= 0.6 is 0 Å². The Labute approximate surface area is 88.7 Å². The average molecular weight is 206 g/mol. The van der Waals surface area contributed by atoms with E-state index in [1.807, 2.05) is 0 Å². The standard InChI is InChI=1S/C11H14N2O2/c1-15-11(14)10-12-6-9(7-13-10)8-4-2-3-5-8/h6-8H,2-5H2,1H3. The van der Waals surface area contributed by atoms with E-state index in [4.69, 9.17) is 0 Å². The maximum Gasteiger partial charge on any atom is 0.376 e. The normalized spacial score (nSPS) is 16.6. The van der Waals surface area contributed by atoms with Gasteiger partial charge in [0.25, 0.3) is 0 Å². The summed E-state index contributed by atoms with van der Waals surface area (Å²) in [4.78, 5) is 19.1. The smallest absolute Gasteiger partial charge is 0.376 e. The number of methoxy groups -OCH3 is 1. The van der Waals surface area contributed by atoms with Crippen LogP contribution in [0.3, 0.4) is 0 Å². The fourth-order valence-electron chi connectivity index (χ4n) is 2.00. The molecule has 0 aliphatic heterocycles. The highest BCUT2D eigenvalue weighted by atomic mass is 16.5. The minimum atomic E-state index is -0.479. The SMILES string of the molecule is COC(=O)c1ncc(C2CCCC2)cn1. The molecule has 1 heterocycles. The van der Waals surface area contributed by atoms with E-state index < -0.39 is 5.97 Å². The van der Waals surface area contributed by atoms with Crippen molar-refractivity contribution in [2.45, 2.75) is 31.6 Å². The van der Waals surface area contributed by atoms with Crippen LogP contribution in [0.1, 0.15) is 47.8 Å². The van der Waals surface area contributed by atoms with Gasteiger partial charge in [0.1, 0.15) is 0 Å². The molecule has 0 aromatic carbocycles. The molecule has 1 fully saturated rings. The molecule has 1 aliphatic rings. The lowest BCUT2D eigenvalue weighted by Crippen LogP contribution is -2.08. The van der Waals surface area contributed by atoms with E-state index in [1.165, 1.54) is 32.8 Å². The average Bonchev–Trinajstić information content (AvgIpc) is 2.82. The number of hydrogen-bond acceptors (Lipinski definition) is 4. The van der Waals surface area contributed by atoms with Gasteiger partial charge in [-0.2, -0.15) is 0 Å². The van der Waals surface area contributed by atoms with E-state index >= 15 is 0 Å². The number of hydrogen-bond donors (Lipinski definition) is 0. The first-order valence-corrected chi connectivity index (χ1v) is 5.21. The van der Waals surface area contributed by atoms with Crippen LogP contribution in [-0.4, -0.2) is 23.0 Å². The predicted molar refractivity (Wildman–Crippen MR) is 54.6 cm³/mol. The van der Waals surface area contributed by atoms with Gasteiger partial charge < -0.3 is 4.74 Å². The molecule has 15 heavy (non-hydrogen) atoms. The van der Waals surface area contributed by atoms with Crippen molar-refractivity contribution in [2.75, 3.05) is 7.11 Å². The van der Waals surface area contributed by atoms with E-state index in [-0.39, 0.29) is 5.82 Å². The van der Waals surface area contributed by atoms with Gasteiger partial charge in [0, 0.05) is 12.4 Å². The highest BCUT2D eigenvalue weighted by molar-refractivity contribution is 5.84. The first kappa shape index (κ1) is 10.1. The largest absolute Gasteiger partial charge is 0.463 e. The summed E-state index contributed by atoms with van der Waals surface area (Å²) in [6, 6.07) is 0. The molecule has 0 bridgehead atoms. The second-order valence-electron chi connectivity index (χ2n) is 3.81. The summed E-state index contributed by atoms with van der Waals surface area (Å²) < 4.78 is 4.54. The molecule has 1 aromatic heterocycles. The van der Waals surface area contributed by atoms with Gasteiger partial charge in [-0.1, -0.05) is 12.8 Å². The Balaban J connectivity index is 2.12. The zero-order chi connectivity index (χ0) is 10.7. The van der Waals surface area contributed by atoms with Crippen molar-refractivity contribution in [1.82, 2.24) is 9.97 Å². The van der Waals surface area contributed by atoms with Gasteiger partial charge in [-0.15, -0.1) is 0 Å². The lowest BCUT2D eigenvalue weighted by atomic mass is 10.0. The molecule has 4 nitrogen and oxygen atoms in total. The van der Waals surface area contributed by atoms with Crippen LogP contribution in [0.15, 0.2) is 12.4 Å². The number of carbonyl (C=O) groups is 1. The summed E-state index contributed by atoms with van der Waals surface area (Å²) in [5, 5.41) is 0. The van der Waals surface area contributed by atoms with Crippen molar-refractivity contribution in [3.63, 3.8) is 0 Å². The zero-order valence-electron chi connectivity index (χ0n) is 8.77. The zero-order valence-corrected chi connectivity index (χ0v) is 8.77. The van der Waals surface area contributed by atoms with Gasteiger partial charge in [0.05, 0.1) is 7.11 Å². The maximum absolute atomic E-state index is 11.1. The van der Waals surface area contributed by atoms with E-state index in [9.17, 15) is 4.79 Å². The third-order valence-corrected chi connectivity index (χ3v) is 2.87. The Kier molecular flexibility index (Phi) is 2.94. The van der Waals surface area contributed by atoms with Gasteiger partial charge in [-0.25, -0.2) is 14.8 Å². The molecule has 2 rings (SSSR count). The fraction of sp³-hybridized carbons (Fsp3) is 0.545.